The van der Waals surface area contributed by atoms with E-state index in [-0.39, 0.29) is 17.0 Å². The molecule has 0 bridgehead atoms. The van der Waals surface area contributed by atoms with Crippen LogP contribution in [0.5, 0.6) is 5.75 Å². The molecule has 3 aromatic carbocycles. The van der Waals surface area contributed by atoms with Crippen molar-refractivity contribution in [3.05, 3.63) is 77.4 Å². The molecule has 0 radical (unpaired) electrons. The van der Waals surface area contributed by atoms with Crippen LogP contribution in [0.1, 0.15) is 42.3 Å². The second-order valence-electron chi connectivity index (χ2n) is 9.53. The summed E-state index contributed by atoms with van der Waals surface area (Å²) in [6, 6.07) is 19.4. The van der Waals surface area contributed by atoms with Crippen LogP contribution in [0.4, 0.5) is 5.69 Å². The number of anilines is 1. The molecule has 0 saturated heterocycles. The van der Waals surface area contributed by atoms with Gasteiger partial charge in [-0.05, 0) is 67.9 Å². The van der Waals surface area contributed by atoms with Crippen molar-refractivity contribution in [2.24, 2.45) is 0 Å². The maximum atomic E-state index is 11.9. The third kappa shape index (κ3) is 6.14. The number of hydrogen-bond donors (Lipinski definition) is 2. The van der Waals surface area contributed by atoms with Crippen LogP contribution < -0.4 is 4.90 Å². The highest BCUT2D eigenvalue weighted by molar-refractivity contribution is 6.08. The number of aryl methyl sites for hydroxylation is 2. The fourth-order valence-electron chi connectivity index (χ4n) is 4.42. The number of rotatable bonds is 7. The maximum absolute atomic E-state index is 11.9. The van der Waals surface area contributed by atoms with Crippen LogP contribution in [0.15, 0.2) is 60.7 Å². The van der Waals surface area contributed by atoms with Gasteiger partial charge < -0.3 is 20.0 Å². The van der Waals surface area contributed by atoms with E-state index in [1.807, 2.05) is 63.2 Å². The lowest BCUT2D eigenvalue weighted by Crippen LogP contribution is -2.21. The topological polar surface area (TPSA) is 76.9 Å². The average molecular weight is 514 g/mol. The molecule has 0 atom stereocenters. The zero-order chi connectivity index (χ0) is 28.0. The number of carboxylic acid groups (broad SMARTS) is 1. The molecule has 4 rings (SSSR count). The lowest BCUT2D eigenvalue weighted by atomic mass is 9.97. The Kier molecular flexibility index (Phi) is 9.48. The van der Waals surface area contributed by atoms with Gasteiger partial charge in [0.2, 0.25) is 0 Å². The van der Waals surface area contributed by atoms with Gasteiger partial charge >= 0.3 is 5.97 Å². The maximum Gasteiger partial charge on any atom is 0.340 e. The van der Waals surface area contributed by atoms with Crippen LogP contribution >= 0.6 is 0 Å². The summed E-state index contributed by atoms with van der Waals surface area (Å²) in [5, 5.41) is 21.0. The quantitative estimate of drug-likeness (QED) is 0.277. The average Bonchev–Trinajstić information content (AvgIpc) is 2.92. The molecule has 0 fully saturated rings. The van der Waals surface area contributed by atoms with Gasteiger partial charge in [-0.25, -0.2) is 9.78 Å². The number of benzene rings is 3. The monoisotopic (exact) mass is 513 g/mol. The summed E-state index contributed by atoms with van der Waals surface area (Å²) < 4.78 is 0. The molecule has 0 saturated carbocycles. The Labute approximate surface area is 226 Å². The highest BCUT2D eigenvalue weighted by Gasteiger charge is 2.22. The third-order valence-corrected chi connectivity index (χ3v) is 7.09. The van der Waals surface area contributed by atoms with E-state index >= 15 is 0 Å². The first-order valence-electron chi connectivity index (χ1n) is 13.1. The molecular weight excluding hydrogens is 474 g/mol. The van der Waals surface area contributed by atoms with Gasteiger partial charge in [-0.3, -0.25) is 0 Å². The molecule has 1 heterocycles. The predicted octanol–water partition coefficient (Wildman–Crippen LogP) is 7.00. The Morgan fingerprint density at radius 1 is 0.789 bits per heavy atom. The van der Waals surface area contributed by atoms with Gasteiger partial charge in [-0.15, -0.1) is 0 Å². The molecule has 0 aliphatic heterocycles. The van der Waals surface area contributed by atoms with Crippen molar-refractivity contribution in [1.82, 2.24) is 9.88 Å². The molecule has 2 N–H and O–H groups in total. The van der Waals surface area contributed by atoms with Gasteiger partial charge in [-0.2, -0.15) is 0 Å². The number of carboxylic acids is 1. The number of fused-ring (bicyclic) bond motifs is 1. The Hall–Kier alpha value is -3.90. The number of aromatic nitrogens is 1. The summed E-state index contributed by atoms with van der Waals surface area (Å²) >= 11 is 0. The van der Waals surface area contributed by atoms with Gasteiger partial charge in [0.15, 0.2) is 5.75 Å². The number of nitrogens with zero attached hydrogens (tertiary/aromatic N) is 3. The first-order valence-corrected chi connectivity index (χ1v) is 13.1. The molecule has 1 aromatic heterocycles. The fourth-order valence-corrected chi connectivity index (χ4v) is 4.42. The summed E-state index contributed by atoms with van der Waals surface area (Å²) in [5.41, 5.74) is 6.55. The largest absolute Gasteiger partial charge is 0.505 e. The van der Waals surface area contributed by atoms with Crippen LogP contribution in [-0.4, -0.2) is 59.8 Å². The molecule has 0 aliphatic rings. The van der Waals surface area contributed by atoms with E-state index in [0.717, 1.165) is 27.9 Å². The van der Waals surface area contributed by atoms with Crippen molar-refractivity contribution in [1.29, 1.82) is 0 Å². The standard InChI is InChI=1S/C26H24N2O3.C6H15N/c1-15-5-14-21-22(26(30)31)25(29)24(27-23(21)16(15)2)19-8-6-17(7-9-19)18-10-12-20(13-11-18)28(3)4;1-4-7(5-2)6-3/h5-14,29H,1-4H3,(H,30,31);4-6H2,1-3H3. The highest BCUT2D eigenvalue weighted by Crippen LogP contribution is 2.37. The first-order chi connectivity index (χ1) is 18.1. The fraction of sp³-hybridized carbons (Fsp3) is 0.312. The molecule has 38 heavy (non-hydrogen) atoms. The van der Waals surface area contributed by atoms with E-state index in [1.54, 1.807) is 6.07 Å². The Morgan fingerprint density at radius 2 is 1.29 bits per heavy atom. The highest BCUT2D eigenvalue weighted by atomic mass is 16.4. The normalized spacial score (nSPS) is 10.8. The van der Waals surface area contributed by atoms with Crippen molar-refractivity contribution in [2.75, 3.05) is 38.6 Å². The molecule has 200 valence electrons. The van der Waals surface area contributed by atoms with Crippen LogP contribution in [0.3, 0.4) is 0 Å². The zero-order valence-corrected chi connectivity index (χ0v) is 23.5. The molecular formula is C32H39N3O3. The van der Waals surface area contributed by atoms with E-state index in [4.69, 9.17) is 0 Å². The lowest BCUT2D eigenvalue weighted by Gasteiger charge is -2.14. The minimum Gasteiger partial charge on any atom is -0.505 e. The van der Waals surface area contributed by atoms with Crippen molar-refractivity contribution in [3.8, 4) is 28.1 Å². The predicted molar refractivity (Wildman–Crippen MR) is 159 cm³/mol. The lowest BCUT2D eigenvalue weighted by molar-refractivity contribution is 0.0696. The molecule has 0 spiro atoms. The number of aromatic hydroxyl groups is 1. The third-order valence-electron chi connectivity index (χ3n) is 7.09. The van der Waals surface area contributed by atoms with Crippen LogP contribution in [0, 0.1) is 13.8 Å². The minimum absolute atomic E-state index is 0.119. The Morgan fingerprint density at radius 3 is 1.74 bits per heavy atom. The van der Waals surface area contributed by atoms with Crippen LogP contribution in [0.25, 0.3) is 33.3 Å². The van der Waals surface area contributed by atoms with E-state index in [9.17, 15) is 15.0 Å². The van der Waals surface area contributed by atoms with E-state index in [1.165, 1.54) is 19.6 Å². The van der Waals surface area contributed by atoms with E-state index in [0.29, 0.717) is 16.5 Å². The number of hydrogen-bond acceptors (Lipinski definition) is 5. The SMILES string of the molecule is CCN(CC)CC.Cc1ccc2c(C(=O)O)c(O)c(-c3ccc(-c4ccc(N(C)C)cc4)cc3)nc2c1C. The number of carbonyl (C=O) groups is 1. The summed E-state index contributed by atoms with van der Waals surface area (Å²) in [5.74, 6) is -1.49. The summed E-state index contributed by atoms with van der Waals surface area (Å²) in [4.78, 5) is 21.0. The molecule has 0 unspecified atom stereocenters. The smallest absolute Gasteiger partial charge is 0.340 e. The van der Waals surface area contributed by atoms with E-state index in [2.05, 4.69) is 54.9 Å². The van der Waals surface area contributed by atoms with E-state index < -0.39 is 5.97 Å². The van der Waals surface area contributed by atoms with Gasteiger partial charge in [0.1, 0.15) is 11.3 Å². The molecule has 4 aromatic rings. The van der Waals surface area contributed by atoms with Crippen molar-refractivity contribution in [3.63, 3.8) is 0 Å². The van der Waals surface area contributed by atoms with Crippen LogP contribution in [0.2, 0.25) is 0 Å². The van der Waals surface area contributed by atoms with Gasteiger partial charge in [-0.1, -0.05) is 69.3 Å². The summed E-state index contributed by atoms with van der Waals surface area (Å²) in [6.07, 6.45) is 0. The summed E-state index contributed by atoms with van der Waals surface area (Å²) in [7, 11) is 4.00. The molecule has 6 nitrogen and oxygen atoms in total. The van der Waals surface area contributed by atoms with Crippen molar-refractivity contribution >= 4 is 22.6 Å². The van der Waals surface area contributed by atoms with Gasteiger partial charge in [0.25, 0.3) is 0 Å². The van der Waals surface area contributed by atoms with Crippen molar-refractivity contribution < 1.29 is 15.0 Å². The molecule has 0 aliphatic carbocycles. The Balaban J connectivity index is 0.000000505. The minimum atomic E-state index is -1.17. The second-order valence-corrected chi connectivity index (χ2v) is 9.53. The van der Waals surface area contributed by atoms with Gasteiger partial charge in [0, 0.05) is 30.7 Å². The first kappa shape index (κ1) is 28.7. The second kappa shape index (κ2) is 12.6. The van der Waals surface area contributed by atoms with Crippen LogP contribution in [-0.2, 0) is 0 Å². The molecule has 6 heteroatoms. The number of aromatic carboxylic acids is 1. The number of pyridine rings is 1. The van der Waals surface area contributed by atoms with Crippen molar-refractivity contribution in [2.45, 2.75) is 34.6 Å². The Bertz CT molecular complexity index is 1390. The molecule has 0 amide bonds. The van der Waals surface area contributed by atoms with Gasteiger partial charge in [0.05, 0.1) is 5.52 Å². The summed E-state index contributed by atoms with van der Waals surface area (Å²) in [6.45, 7) is 14.0. The zero-order valence-electron chi connectivity index (χ0n) is 23.5.